The van der Waals surface area contributed by atoms with Crippen molar-refractivity contribution in [3.63, 3.8) is 0 Å². The Morgan fingerprint density at radius 2 is 1.81 bits per heavy atom. The van der Waals surface area contributed by atoms with Crippen molar-refractivity contribution in [2.45, 2.75) is 64.8 Å². The third kappa shape index (κ3) is 9.97. The number of unbranched alkanes of at least 4 members (excludes halogenated alkanes) is 5. The minimum atomic E-state index is -0.136. The van der Waals surface area contributed by atoms with Gasteiger partial charge < -0.3 is 10.1 Å². The molecule has 0 aliphatic heterocycles. The van der Waals surface area contributed by atoms with E-state index < -0.39 is 0 Å². The molecule has 0 radical (unpaired) electrons. The van der Waals surface area contributed by atoms with Crippen LogP contribution in [0.4, 0.5) is 0 Å². The molecule has 1 N–H and O–H groups in total. The molecule has 0 rings (SSSR count). The molecule has 1 atom stereocenters. The molecule has 0 heterocycles. The first-order valence-electron chi connectivity index (χ1n) is 6.50. The van der Waals surface area contributed by atoms with E-state index in [-0.39, 0.29) is 12.0 Å². The first kappa shape index (κ1) is 15.4. The molecule has 1 unspecified atom stereocenters. The van der Waals surface area contributed by atoms with Gasteiger partial charge in [-0.2, -0.15) is 0 Å². The second-order valence-electron chi connectivity index (χ2n) is 4.40. The van der Waals surface area contributed by atoms with Crippen molar-refractivity contribution in [2.75, 3.05) is 13.7 Å². The van der Waals surface area contributed by atoms with E-state index in [4.69, 9.17) is 0 Å². The van der Waals surface area contributed by atoms with Crippen LogP contribution in [0.3, 0.4) is 0 Å². The van der Waals surface area contributed by atoms with Crippen molar-refractivity contribution in [3.05, 3.63) is 0 Å². The van der Waals surface area contributed by atoms with E-state index in [0.29, 0.717) is 6.42 Å². The molecule has 0 fully saturated rings. The highest BCUT2D eigenvalue weighted by atomic mass is 16.5. The summed E-state index contributed by atoms with van der Waals surface area (Å²) >= 11 is 0. The van der Waals surface area contributed by atoms with Crippen LogP contribution in [0.5, 0.6) is 0 Å². The van der Waals surface area contributed by atoms with Gasteiger partial charge in [-0.15, -0.1) is 0 Å². The average molecular weight is 229 g/mol. The smallest absolute Gasteiger partial charge is 0.307 e. The average Bonchev–Trinajstić information content (AvgIpc) is 2.27. The SMILES string of the molecule is CCCCCCCCNC(C)CC(=O)OC. The molecule has 0 saturated carbocycles. The summed E-state index contributed by atoms with van der Waals surface area (Å²) in [6.07, 6.45) is 8.30. The van der Waals surface area contributed by atoms with Gasteiger partial charge in [0, 0.05) is 6.04 Å². The maximum atomic E-state index is 11.0. The van der Waals surface area contributed by atoms with Crippen LogP contribution in [0.15, 0.2) is 0 Å². The van der Waals surface area contributed by atoms with Gasteiger partial charge in [0.05, 0.1) is 13.5 Å². The molecular weight excluding hydrogens is 202 g/mol. The summed E-state index contributed by atoms with van der Waals surface area (Å²) < 4.78 is 4.61. The quantitative estimate of drug-likeness (QED) is 0.462. The summed E-state index contributed by atoms with van der Waals surface area (Å²) in [7, 11) is 1.43. The van der Waals surface area contributed by atoms with Crippen molar-refractivity contribution in [1.82, 2.24) is 5.32 Å². The first-order chi connectivity index (χ1) is 7.70. The van der Waals surface area contributed by atoms with Crippen molar-refractivity contribution in [2.24, 2.45) is 0 Å². The van der Waals surface area contributed by atoms with Crippen LogP contribution >= 0.6 is 0 Å². The van der Waals surface area contributed by atoms with E-state index in [1.54, 1.807) is 0 Å². The van der Waals surface area contributed by atoms with Gasteiger partial charge in [0.1, 0.15) is 0 Å². The Hall–Kier alpha value is -0.570. The Balaban J connectivity index is 3.21. The molecule has 16 heavy (non-hydrogen) atoms. The van der Waals surface area contributed by atoms with Gasteiger partial charge in [0.2, 0.25) is 0 Å². The number of hydrogen-bond donors (Lipinski definition) is 1. The minimum absolute atomic E-state index is 0.136. The zero-order chi connectivity index (χ0) is 12.2. The lowest BCUT2D eigenvalue weighted by Crippen LogP contribution is -2.29. The van der Waals surface area contributed by atoms with Gasteiger partial charge in [-0.1, -0.05) is 39.0 Å². The fourth-order valence-corrected chi connectivity index (χ4v) is 1.66. The fourth-order valence-electron chi connectivity index (χ4n) is 1.66. The maximum absolute atomic E-state index is 11.0. The highest BCUT2D eigenvalue weighted by Gasteiger charge is 2.07. The predicted octanol–water partition coefficient (Wildman–Crippen LogP) is 2.89. The third-order valence-electron chi connectivity index (χ3n) is 2.72. The van der Waals surface area contributed by atoms with E-state index >= 15 is 0 Å². The van der Waals surface area contributed by atoms with Gasteiger partial charge in [0.15, 0.2) is 0 Å². The standard InChI is InChI=1S/C13H27NO2/c1-4-5-6-7-8-9-10-14-12(2)11-13(15)16-3/h12,14H,4-11H2,1-3H3. The van der Waals surface area contributed by atoms with Crippen LogP contribution < -0.4 is 5.32 Å². The Bertz CT molecular complexity index is 171. The molecule has 0 bridgehead atoms. The predicted molar refractivity (Wildman–Crippen MR) is 67.5 cm³/mol. The fraction of sp³-hybridized carbons (Fsp3) is 0.923. The van der Waals surface area contributed by atoms with E-state index in [2.05, 4.69) is 17.0 Å². The maximum Gasteiger partial charge on any atom is 0.307 e. The van der Waals surface area contributed by atoms with Gasteiger partial charge in [0.25, 0.3) is 0 Å². The van der Waals surface area contributed by atoms with E-state index in [1.807, 2.05) is 6.92 Å². The number of nitrogens with one attached hydrogen (secondary N) is 1. The Labute approximate surface area is 99.9 Å². The lowest BCUT2D eigenvalue weighted by molar-refractivity contribution is -0.141. The molecule has 0 aliphatic carbocycles. The third-order valence-corrected chi connectivity index (χ3v) is 2.72. The lowest BCUT2D eigenvalue weighted by Gasteiger charge is -2.12. The molecule has 0 saturated heterocycles. The zero-order valence-corrected chi connectivity index (χ0v) is 11.1. The molecule has 0 spiro atoms. The number of carbonyl (C=O) groups is 1. The van der Waals surface area contributed by atoms with Crippen molar-refractivity contribution >= 4 is 5.97 Å². The largest absolute Gasteiger partial charge is 0.469 e. The molecule has 0 aliphatic rings. The summed E-state index contributed by atoms with van der Waals surface area (Å²) in [4.78, 5) is 11.0. The van der Waals surface area contributed by atoms with E-state index in [0.717, 1.165) is 6.54 Å². The zero-order valence-electron chi connectivity index (χ0n) is 11.1. The first-order valence-corrected chi connectivity index (χ1v) is 6.50. The highest BCUT2D eigenvalue weighted by Crippen LogP contribution is 2.04. The van der Waals surface area contributed by atoms with E-state index in [9.17, 15) is 4.79 Å². The molecule has 3 nitrogen and oxygen atoms in total. The second kappa shape index (κ2) is 10.9. The van der Waals surface area contributed by atoms with Gasteiger partial charge in [-0.25, -0.2) is 0 Å². The topological polar surface area (TPSA) is 38.3 Å². The number of ether oxygens (including phenoxy) is 1. The van der Waals surface area contributed by atoms with Gasteiger partial charge in [-0.3, -0.25) is 4.79 Å². The van der Waals surface area contributed by atoms with Gasteiger partial charge >= 0.3 is 5.97 Å². The van der Waals surface area contributed by atoms with Crippen LogP contribution in [-0.4, -0.2) is 25.7 Å². The number of carbonyl (C=O) groups excluding carboxylic acids is 1. The van der Waals surface area contributed by atoms with Crippen molar-refractivity contribution in [3.8, 4) is 0 Å². The monoisotopic (exact) mass is 229 g/mol. The molecule has 3 heteroatoms. The summed E-state index contributed by atoms with van der Waals surface area (Å²) in [5.41, 5.74) is 0. The Morgan fingerprint density at radius 1 is 1.19 bits per heavy atom. The van der Waals surface area contributed by atoms with Crippen LogP contribution in [0, 0.1) is 0 Å². The summed E-state index contributed by atoms with van der Waals surface area (Å²) in [6, 6.07) is 0.225. The Morgan fingerprint density at radius 3 is 2.44 bits per heavy atom. The summed E-state index contributed by atoms with van der Waals surface area (Å²) in [5.74, 6) is -0.136. The molecular formula is C13H27NO2. The van der Waals surface area contributed by atoms with Crippen LogP contribution in [0.1, 0.15) is 58.8 Å². The lowest BCUT2D eigenvalue weighted by atomic mass is 10.1. The highest BCUT2D eigenvalue weighted by molar-refractivity contribution is 5.69. The summed E-state index contributed by atoms with van der Waals surface area (Å²) in [5, 5.41) is 3.34. The second-order valence-corrected chi connectivity index (χ2v) is 4.40. The van der Waals surface area contributed by atoms with Crippen molar-refractivity contribution < 1.29 is 9.53 Å². The Kier molecular flexibility index (Phi) is 10.5. The number of rotatable bonds is 10. The molecule has 0 aromatic carbocycles. The minimum Gasteiger partial charge on any atom is -0.469 e. The number of methoxy groups -OCH3 is 1. The van der Waals surface area contributed by atoms with Crippen LogP contribution in [-0.2, 0) is 9.53 Å². The number of hydrogen-bond acceptors (Lipinski definition) is 3. The molecule has 0 amide bonds. The van der Waals surface area contributed by atoms with E-state index in [1.165, 1.54) is 45.6 Å². The van der Waals surface area contributed by atoms with Crippen LogP contribution in [0.2, 0.25) is 0 Å². The number of esters is 1. The summed E-state index contributed by atoms with van der Waals surface area (Å²) in [6.45, 7) is 5.26. The van der Waals surface area contributed by atoms with Crippen molar-refractivity contribution in [1.29, 1.82) is 0 Å². The van der Waals surface area contributed by atoms with Crippen LogP contribution in [0.25, 0.3) is 0 Å². The van der Waals surface area contributed by atoms with Gasteiger partial charge in [-0.05, 0) is 19.9 Å². The molecule has 96 valence electrons. The molecule has 0 aromatic heterocycles. The molecule has 0 aromatic rings. The normalized spacial score (nSPS) is 12.4.